The first kappa shape index (κ1) is 37.8. The van der Waals surface area contributed by atoms with Crippen molar-refractivity contribution in [3.63, 3.8) is 0 Å². The van der Waals surface area contributed by atoms with Gasteiger partial charge in [-0.05, 0) is 0 Å². The molecular weight excluding hydrogens is 743 g/mol. The molecule has 4 heteroatoms. The van der Waals surface area contributed by atoms with Gasteiger partial charge in [-0.2, -0.15) is 0 Å². The van der Waals surface area contributed by atoms with E-state index in [1.165, 1.54) is 66.8 Å². The molecule has 0 spiro atoms. The number of fused-ring (bicyclic) bond motifs is 2. The Kier molecular flexibility index (Phi) is 10.9. The molecule has 4 aromatic rings. The van der Waals surface area contributed by atoms with Crippen LogP contribution in [0.4, 0.5) is 0 Å². The van der Waals surface area contributed by atoms with E-state index in [9.17, 15) is 0 Å². The van der Waals surface area contributed by atoms with Crippen LogP contribution < -0.4 is 0 Å². The van der Waals surface area contributed by atoms with Gasteiger partial charge < -0.3 is 0 Å². The number of rotatable bonds is 11. The fraction of sp³-hybridized carbons (Fsp3) is 0.391. The summed E-state index contributed by atoms with van der Waals surface area (Å²) in [5, 5.41) is 0. The van der Waals surface area contributed by atoms with Gasteiger partial charge in [0.2, 0.25) is 0 Å². The second-order valence-corrected chi connectivity index (χ2v) is 58.8. The summed E-state index contributed by atoms with van der Waals surface area (Å²) in [6.07, 6.45) is 7.29. The predicted molar refractivity (Wildman–Crippen MR) is 223 cm³/mol. The van der Waals surface area contributed by atoms with Crippen LogP contribution in [0, 0.1) is 11.8 Å². The Hall–Kier alpha value is -1.96. The minimum atomic E-state index is -4.97. The molecule has 0 heterocycles. The zero-order valence-electron chi connectivity index (χ0n) is 31.9. The summed E-state index contributed by atoms with van der Waals surface area (Å²) in [6, 6.07) is 31.9. The third-order valence-corrected chi connectivity index (χ3v) is 64.2. The van der Waals surface area contributed by atoms with Gasteiger partial charge in [0, 0.05) is 0 Å². The molecule has 0 fully saturated rings. The molecule has 4 unspecified atom stereocenters. The minimum absolute atomic E-state index is 0.0717. The van der Waals surface area contributed by atoms with Gasteiger partial charge in [-0.3, -0.25) is 0 Å². The van der Waals surface area contributed by atoms with Crippen molar-refractivity contribution in [2.24, 2.45) is 11.8 Å². The van der Waals surface area contributed by atoms with Gasteiger partial charge >= 0.3 is 315 Å². The van der Waals surface area contributed by atoms with Crippen LogP contribution in [0.3, 0.4) is 0 Å². The summed E-state index contributed by atoms with van der Waals surface area (Å²) in [5.74, 6) is -0.124. The van der Waals surface area contributed by atoms with Crippen molar-refractivity contribution in [1.29, 1.82) is 0 Å². The van der Waals surface area contributed by atoms with Crippen molar-refractivity contribution >= 4 is 35.1 Å². The second kappa shape index (κ2) is 14.5. The van der Waals surface area contributed by atoms with E-state index in [2.05, 4.69) is 166 Å². The maximum atomic E-state index is 8.89. The van der Waals surface area contributed by atoms with Crippen LogP contribution in [0.5, 0.6) is 0 Å². The Bertz CT molecular complexity index is 1800. The number of allylic oxidation sites excluding steroid dienone is 2. The van der Waals surface area contributed by atoms with E-state index >= 15 is 0 Å². The molecule has 0 aliphatic heterocycles. The molecule has 263 valence electrons. The molecule has 6 rings (SSSR count). The fourth-order valence-corrected chi connectivity index (χ4v) is 40.6. The molecule has 0 N–H and O–H groups in total. The third-order valence-electron chi connectivity index (χ3n) is 12.5. The average molecular weight is 800 g/mol. The van der Waals surface area contributed by atoms with Crippen LogP contribution >= 0.6 is 17.0 Å². The predicted octanol–water partition coefficient (Wildman–Crippen LogP) is 14.9. The van der Waals surface area contributed by atoms with Crippen LogP contribution in [0.15, 0.2) is 96.1 Å². The Balaban J connectivity index is 1.68. The standard InChI is InChI=1S/2C22H25.C2H7Si.2ClH.Zr/c2*1-5-16(4)20-12-11-18-13-19(15(2)3)14-21(18)22(20)17-9-7-6-8-10-17;1-3-2;;;/h2*6-16H,5H2,1-4H3;3H,1-2H3;2*1H;/q;;;;;+2/p-2. The number of hydrogen-bond donors (Lipinski definition) is 0. The zero-order valence-corrected chi connectivity index (χ0v) is 37.1. The van der Waals surface area contributed by atoms with Crippen LogP contribution in [0.2, 0.25) is 13.1 Å². The fourth-order valence-electron chi connectivity index (χ4n) is 9.16. The normalized spacial score (nSPS) is 19.2. The van der Waals surface area contributed by atoms with Crippen LogP contribution in [-0.2, 0) is 15.6 Å². The quantitative estimate of drug-likeness (QED) is 0.133. The van der Waals surface area contributed by atoms with Crippen LogP contribution in [0.1, 0.15) is 121 Å². The van der Waals surface area contributed by atoms with Gasteiger partial charge in [0.25, 0.3) is 0 Å². The molecular formula is C46H57Cl2SiZr. The zero-order chi connectivity index (χ0) is 36.1. The van der Waals surface area contributed by atoms with Gasteiger partial charge in [0.1, 0.15) is 0 Å². The summed E-state index contributed by atoms with van der Waals surface area (Å²) in [7, 11) is 17.8. The topological polar surface area (TPSA) is 0 Å². The SMILES string of the molecule is CCC(C)c1ccc2c(c1-c1ccccc1)C=C(C(C)C)[CH]2[Zr]([Cl])([Cl])([CH]1C(C(C)C)=Cc2c1ccc(C(C)CC)c2-c1ccccc1)[SiH](C)C. The van der Waals surface area contributed by atoms with Crippen molar-refractivity contribution in [2.75, 3.05) is 0 Å². The molecule has 0 saturated heterocycles. The van der Waals surface area contributed by atoms with E-state index in [1.807, 2.05) is 0 Å². The molecule has 0 nitrogen and oxygen atoms in total. The van der Waals surface area contributed by atoms with Gasteiger partial charge in [-0.25, -0.2) is 0 Å². The summed E-state index contributed by atoms with van der Waals surface area (Å²) >= 11 is -4.97. The molecule has 0 radical (unpaired) electrons. The summed E-state index contributed by atoms with van der Waals surface area (Å²) in [6.45, 7) is 23.8. The number of hydrogen-bond acceptors (Lipinski definition) is 0. The van der Waals surface area contributed by atoms with Gasteiger partial charge in [-0.15, -0.1) is 0 Å². The first-order valence-electron chi connectivity index (χ1n) is 19.2. The second-order valence-electron chi connectivity index (χ2n) is 16.3. The van der Waals surface area contributed by atoms with Gasteiger partial charge in [-0.1, -0.05) is 0 Å². The van der Waals surface area contributed by atoms with Crippen molar-refractivity contribution in [3.8, 4) is 22.3 Å². The molecule has 2 aliphatic rings. The van der Waals surface area contributed by atoms with E-state index in [4.69, 9.17) is 17.0 Å². The molecule has 50 heavy (non-hydrogen) atoms. The van der Waals surface area contributed by atoms with E-state index in [1.54, 1.807) is 0 Å². The summed E-state index contributed by atoms with van der Waals surface area (Å²) in [5.41, 5.74) is 16.6. The van der Waals surface area contributed by atoms with Crippen molar-refractivity contribution in [2.45, 2.75) is 100 Å². The van der Waals surface area contributed by atoms with Crippen molar-refractivity contribution < 1.29 is 15.6 Å². The van der Waals surface area contributed by atoms with Crippen molar-refractivity contribution in [3.05, 3.63) is 129 Å². The monoisotopic (exact) mass is 797 g/mol. The first-order chi connectivity index (χ1) is 23.8. The van der Waals surface area contributed by atoms with Crippen LogP contribution in [-0.4, -0.2) is 5.92 Å². The first-order valence-corrected chi connectivity index (χ1v) is 35.5. The van der Waals surface area contributed by atoms with E-state index < -0.39 is 21.5 Å². The Morgan fingerprint density at radius 3 is 1.22 bits per heavy atom. The molecule has 4 aromatic carbocycles. The Morgan fingerprint density at radius 1 is 0.560 bits per heavy atom. The summed E-state index contributed by atoms with van der Waals surface area (Å²) < 4.78 is 0.143. The van der Waals surface area contributed by atoms with E-state index in [0.29, 0.717) is 23.7 Å². The molecule has 0 bridgehead atoms. The molecule has 0 saturated carbocycles. The summed E-state index contributed by atoms with van der Waals surface area (Å²) in [4.78, 5) is 0. The molecule has 0 aromatic heterocycles. The van der Waals surface area contributed by atoms with Crippen molar-refractivity contribution in [1.82, 2.24) is 0 Å². The Morgan fingerprint density at radius 2 is 0.920 bits per heavy atom. The van der Waals surface area contributed by atoms with E-state index in [0.717, 1.165) is 12.8 Å². The van der Waals surface area contributed by atoms with E-state index in [-0.39, 0.29) is 7.25 Å². The molecule has 2 aliphatic carbocycles. The van der Waals surface area contributed by atoms with Gasteiger partial charge in [0.15, 0.2) is 0 Å². The van der Waals surface area contributed by atoms with Crippen LogP contribution in [0.25, 0.3) is 34.4 Å². The molecule has 4 atom stereocenters. The van der Waals surface area contributed by atoms with Gasteiger partial charge in [0.05, 0.1) is 0 Å². The maximum absolute atomic E-state index is 8.89. The Labute approximate surface area is 312 Å². The number of halogens is 2. The average Bonchev–Trinajstić information content (AvgIpc) is 3.72. The third kappa shape index (κ3) is 6.07. The number of benzene rings is 4. The molecule has 0 amide bonds.